The Balaban J connectivity index is 2.26. The number of hydrogen-bond acceptors (Lipinski definition) is 5. The molecule has 0 radical (unpaired) electrons. The lowest BCUT2D eigenvalue weighted by molar-refractivity contribution is 0.600. The molecule has 0 fully saturated rings. The van der Waals surface area contributed by atoms with E-state index in [4.69, 9.17) is 11.6 Å². The van der Waals surface area contributed by atoms with Gasteiger partial charge in [0, 0.05) is 5.88 Å². The standard InChI is InChI=1S/C9H10ClN3O2S2/c10-5-2-6-17(14,15)13-8-4-1-3-7-9(8)12-16-11-7/h1,3-4,13H,2,5-6H2. The summed E-state index contributed by atoms with van der Waals surface area (Å²) in [4.78, 5) is 0. The minimum atomic E-state index is -3.36. The molecule has 2 rings (SSSR count). The lowest BCUT2D eigenvalue weighted by Crippen LogP contribution is -2.17. The smallest absolute Gasteiger partial charge is 0.232 e. The lowest BCUT2D eigenvalue weighted by atomic mass is 10.3. The monoisotopic (exact) mass is 291 g/mol. The molecule has 1 aromatic heterocycles. The lowest BCUT2D eigenvalue weighted by Gasteiger charge is -2.07. The van der Waals surface area contributed by atoms with E-state index in [1.807, 2.05) is 0 Å². The molecule has 8 heteroatoms. The van der Waals surface area contributed by atoms with Gasteiger partial charge in [-0.3, -0.25) is 4.72 Å². The molecule has 1 N–H and O–H groups in total. The third kappa shape index (κ3) is 3.05. The largest absolute Gasteiger partial charge is 0.281 e. The van der Waals surface area contributed by atoms with Crippen molar-refractivity contribution in [1.29, 1.82) is 0 Å². The molecule has 17 heavy (non-hydrogen) atoms. The molecular weight excluding hydrogens is 282 g/mol. The van der Waals surface area contributed by atoms with Crippen molar-refractivity contribution in [3.05, 3.63) is 18.2 Å². The number of halogens is 1. The van der Waals surface area contributed by atoms with Gasteiger partial charge < -0.3 is 0 Å². The van der Waals surface area contributed by atoms with Crippen LogP contribution in [0.4, 0.5) is 5.69 Å². The Morgan fingerprint density at radius 2 is 2.18 bits per heavy atom. The van der Waals surface area contributed by atoms with Crippen molar-refractivity contribution in [3.8, 4) is 0 Å². The van der Waals surface area contributed by atoms with Crippen molar-refractivity contribution in [2.24, 2.45) is 0 Å². The summed E-state index contributed by atoms with van der Waals surface area (Å²) in [5.74, 6) is 0.327. The summed E-state index contributed by atoms with van der Waals surface area (Å²) in [6.07, 6.45) is 0.419. The summed E-state index contributed by atoms with van der Waals surface area (Å²) < 4.78 is 34.0. The molecule has 0 amide bonds. The average Bonchev–Trinajstić information content (AvgIpc) is 2.75. The fraction of sp³-hybridized carbons (Fsp3) is 0.333. The highest BCUT2D eigenvalue weighted by Gasteiger charge is 2.13. The quantitative estimate of drug-likeness (QED) is 0.856. The zero-order valence-corrected chi connectivity index (χ0v) is 11.1. The minimum Gasteiger partial charge on any atom is -0.281 e. The normalized spacial score (nSPS) is 11.8. The van der Waals surface area contributed by atoms with Gasteiger partial charge >= 0.3 is 0 Å². The second-order valence-corrected chi connectivity index (χ2v) is 6.15. The van der Waals surface area contributed by atoms with Gasteiger partial charge in [0.15, 0.2) is 0 Å². The van der Waals surface area contributed by atoms with E-state index in [2.05, 4.69) is 13.5 Å². The molecule has 0 saturated carbocycles. The van der Waals surface area contributed by atoms with Crippen LogP contribution >= 0.6 is 23.3 Å². The Hall–Kier alpha value is -0.920. The fourth-order valence-corrected chi connectivity index (χ4v) is 3.32. The molecule has 0 atom stereocenters. The third-order valence-electron chi connectivity index (χ3n) is 2.10. The maximum atomic E-state index is 11.7. The maximum Gasteiger partial charge on any atom is 0.232 e. The Labute approximate surface area is 108 Å². The van der Waals surface area contributed by atoms with Crippen LogP contribution in [0.15, 0.2) is 18.2 Å². The molecule has 2 aromatic rings. The van der Waals surface area contributed by atoms with Crippen LogP contribution in [0.5, 0.6) is 0 Å². The van der Waals surface area contributed by atoms with E-state index in [9.17, 15) is 8.42 Å². The number of benzene rings is 1. The average molecular weight is 292 g/mol. The third-order valence-corrected chi connectivity index (χ3v) is 4.27. The number of nitrogens with one attached hydrogen (secondary N) is 1. The van der Waals surface area contributed by atoms with Crippen LogP contribution in [-0.4, -0.2) is 28.8 Å². The molecule has 1 heterocycles. The molecule has 92 valence electrons. The zero-order chi connectivity index (χ0) is 12.3. The fourth-order valence-electron chi connectivity index (χ4n) is 1.35. The van der Waals surface area contributed by atoms with Crippen molar-refractivity contribution in [3.63, 3.8) is 0 Å². The second kappa shape index (κ2) is 5.16. The SMILES string of the molecule is O=S(=O)(CCCCl)Nc1cccc2nsnc12. The number of nitrogens with zero attached hydrogens (tertiary/aromatic N) is 2. The molecule has 5 nitrogen and oxygen atoms in total. The van der Waals surface area contributed by atoms with Crippen LogP contribution in [0.25, 0.3) is 11.0 Å². The van der Waals surface area contributed by atoms with Gasteiger partial charge in [0.05, 0.1) is 23.2 Å². The number of aromatic nitrogens is 2. The highest BCUT2D eigenvalue weighted by Crippen LogP contribution is 2.22. The van der Waals surface area contributed by atoms with E-state index in [0.717, 1.165) is 11.7 Å². The zero-order valence-electron chi connectivity index (χ0n) is 8.76. The summed E-state index contributed by atoms with van der Waals surface area (Å²) >= 11 is 6.53. The molecule has 0 aliphatic carbocycles. The number of alkyl halides is 1. The summed E-state index contributed by atoms with van der Waals surface area (Å²) in [5.41, 5.74) is 1.73. The molecule has 0 spiro atoms. The second-order valence-electron chi connectivity index (χ2n) is 3.40. The van der Waals surface area contributed by atoms with E-state index >= 15 is 0 Å². The van der Waals surface area contributed by atoms with E-state index in [-0.39, 0.29) is 5.75 Å². The number of fused-ring (bicyclic) bond motifs is 1. The van der Waals surface area contributed by atoms with Crippen LogP contribution < -0.4 is 4.72 Å². The number of rotatable bonds is 5. The van der Waals surface area contributed by atoms with Gasteiger partial charge in [0.2, 0.25) is 10.0 Å². The molecule has 0 bridgehead atoms. The van der Waals surface area contributed by atoms with Crippen molar-refractivity contribution in [1.82, 2.24) is 8.75 Å². The van der Waals surface area contributed by atoms with Crippen molar-refractivity contribution < 1.29 is 8.42 Å². The number of anilines is 1. The van der Waals surface area contributed by atoms with Gasteiger partial charge in [-0.05, 0) is 18.6 Å². The Kier molecular flexibility index (Phi) is 3.80. The number of sulfonamides is 1. The van der Waals surface area contributed by atoms with Crippen molar-refractivity contribution in [2.75, 3.05) is 16.4 Å². The molecular formula is C9H10ClN3O2S2. The first-order valence-electron chi connectivity index (χ1n) is 4.90. The molecule has 0 aliphatic rings. The molecule has 0 saturated heterocycles. The minimum absolute atomic E-state index is 0.00442. The first-order chi connectivity index (χ1) is 8.12. The van der Waals surface area contributed by atoms with Crippen LogP contribution in [0.3, 0.4) is 0 Å². The van der Waals surface area contributed by atoms with Gasteiger partial charge in [0.1, 0.15) is 11.0 Å². The summed E-state index contributed by atoms with van der Waals surface area (Å²) in [6, 6.07) is 5.19. The molecule has 0 unspecified atom stereocenters. The first kappa shape index (κ1) is 12.5. The first-order valence-corrected chi connectivity index (χ1v) is 7.82. The van der Waals surface area contributed by atoms with Gasteiger partial charge in [-0.1, -0.05) is 6.07 Å². The predicted molar refractivity (Wildman–Crippen MR) is 70.2 cm³/mol. The van der Waals surface area contributed by atoms with Gasteiger partial charge in [0.25, 0.3) is 0 Å². The van der Waals surface area contributed by atoms with Gasteiger partial charge in [-0.2, -0.15) is 8.75 Å². The predicted octanol–water partition coefficient (Wildman–Crippen LogP) is 2.06. The van der Waals surface area contributed by atoms with Crippen LogP contribution in [0.2, 0.25) is 0 Å². The van der Waals surface area contributed by atoms with Gasteiger partial charge in [-0.25, -0.2) is 8.42 Å². The maximum absolute atomic E-state index is 11.7. The Morgan fingerprint density at radius 1 is 1.35 bits per heavy atom. The van der Waals surface area contributed by atoms with Crippen molar-refractivity contribution in [2.45, 2.75) is 6.42 Å². The topological polar surface area (TPSA) is 72.0 Å². The Bertz CT molecular complexity index is 611. The Morgan fingerprint density at radius 3 is 2.94 bits per heavy atom. The van der Waals surface area contributed by atoms with Crippen molar-refractivity contribution >= 4 is 50.1 Å². The van der Waals surface area contributed by atoms with E-state index in [1.54, 1.807) is 18.2 Å². The summed E-state index contributed by atoms with van der Waals surface area (Å²) in [6.45, 7) is 0. The number of hydrogen-bond donors (Lipinski definition) is 1. The summed E-state index contributed by atoms with van der Waals surface area (Å²) in [5, 5.41) is 0. The molecule has 0 aliphatic heterocycles. The van der Waals surface area contributed by atoms with Gasteiger partial charge in [-0.15, -0.1) is 11.6 Å². The van der Waals surface area contributed by atoms with E-state index in [1.165, 1.54) is 0 Å². The van der Waals surface area contributed by atoms with Crippen LogP contribution in [0.1, 0.15) is 6.42 Å². The molecule has 1 aromatic carbocycles. The summed E-state index contributed by atoms with van der Waals surface area (Å²) in [7, 11) is -3.36. The van der Waals surface area contributed by atoms with E-state index < -0.39 is 10.0 Å². The van der Waals surface area contributed by atoms with Crippen LogP contribution in [0, 0.1) is 0 Å². The van der Waals surface area contributed by atoms with Crippen LogP contribution in [-0.2, 0) is 10.0 Å². The van der Waals surface area contributed by atoms with E-state index in [0.29, 0.717) is 29.0 Å². The highest BCUT2D eigenvalue weighted by molar-refractivity contribution is 7.92. The highest BCUT2D eigenvalue weighted by atomic mass is 35.5.